The summed E-state index contributed by atoms with van der Waals surface area (Å²) < 4.78 is 4.95. The largest absolute Gasteiger partial charge is 0.459 e. The number of hydrogen-bond donors (Lipinski definition) is 1. The zero-order valence-electron chi connectivity index (χ0n) is 7.60. The van der Waals surface area contributed by atoms with E-state index in [2.05, 4.69) is 5.92 Å². The first kappa shape index (κ1) is 10.8. The number of terminal acetylenes is 1. The van der Waals surface area contributed by atoms with Crippen molar-refractivity contribution in [3.05, 3.63) is 22.4 Å². The van der Waals surface area contributed by atoms with Crippen molar-refractivity contribution >= 4 is 17.3 Å². The molecule has 0 radical (unpaired) electrons. The number of nitrogens with two attached hydrogens (primary N) is 1. The number of hydrogen-bond acceptors (Lipinski definition) is 4. The molecule has 1 atom stereocenters. The molecule has 0 fully saturated rings. The van der Waals surface area contributed by atoms with Gasteiger partial charge in [-0.25, -0.2) is 0 Å². The molecule has 4 heteroatoms. The summed E-state index contributed by atoms with van der Waals surface area (Å²) in [5.41, 5.74) is 5.45. The van der Waals surface area contributed by atoms with Crippen LogP contribution in [0.3, 0.4) is 0 Å². The molecule has 1 heterocycles. The van der Waals surface area contributed by atoms with Crippen LogP contribution in [-0.4, -0.2) is 12.0 Å². The zero-order valence-corrected chi connectivity index (χ0v) is 8.42. The van der Waals surface area contributed by atoms with Crippen LogP contribution in [0, 0.1) is 12.3 Å². The first-order valence-corrected chi connectivity index (χ1v) is 5.00. The zero-order chi connectivity index (χ0) is 10.4. The molecule has 1 rings (SSSR count). The summed E-state index contributed by atoms with van der Waals surface area (Å²) in [6.07, 6.45) is 5.23. The van der Waals surface area contributed by atoms with Crippen molar-refractivity contribution in [2.75, 3.05) is 0 Å². The predicted octanol–water partition coefficient (Wildman–Crippen LogP) is 1.14. The van der Waals surface area contributed by atoms with Crippen LogP contribution in [0.5, 0.6) is 0 Å². The maximum atomic E-state index is 11.2. The fourth-order valence-electron chi connectivity index (χ4n) is 0.854. The van der Waals surface area contributed by atoms with Crippen molar-refractivity contribution in [1.82, 2.24) is 0 Å². The molecule has 0 aliphatic heterocycles. The second-order valence-corrected chi connectivity index (χ2v) is 3.73. The molecular weight excluding hydrogens is 198 g/mol. The van der Waals surface area contributed by atoms with Crippen molar-refractivity contribution in [2.24, 2.45) is 5.73 Å². The van der Waals surface area contributed by atoms with Gasteiger partial charge < -0.3 is 10.5 Å². The Labute approximate surface area is 86.9 Å². The molecule has 1 aromatic heterocycles. The van der Waals surface area contributed by atoms with Crippen LogP contribution in [0.25, 0.3) is 0 Å². The third-order valence-electron chi connectivity index (χ3n) is 1.58. The van der Waals surface area contributed by atoms with E-state index in [-0.39, 0.29) is 13.0 Å². The predicted molar refractivity (Wildman–Crippen MR) is 55.5 cm³/mol. The highest BCUT2D eigenvalue weighted by atomic mass is 32.1. The van der Waals surface area contributed by atoms with Crippen LogP contribution in [0.4, 0.5) is 0 Å². The Balaban J connectivity index is 2.32. The molecule has 1 unspecified atom stereocenters. The van der Waals surface area contributed by atoms with E-state index in [9.17, 15) is 4.79 Å². The number of esters is 1. The maximum absolute atomic E-state index is 11.2. The molecule has 0 saturated heterocycles. The number of ether oxygens (including phenoxy) is 1. The van der Waals surface area contributed by atoms with Crippen molar-refractivity contribution in [1.29, 1.82) is 0 Å². The van der Waals surface area contributed by atoms with Crippen LogP contribution < -0.4 is 5.73 Å². The molecule has 1 aromatic rings. The molecular formula is C10H11NO2S. The van der Waals surface area contributed by atoms with E-state index in [1.165, 1.54) is 11.3 Å². The minimum Gasteiger partial charge on any atom is -0.459 e. The van der Waals surface area contributed by atoms with Crippen molar-refractivity contribution in [2.45, 2.75) is 19.1 Å². The van der Waals surface area contributed by atoms with Gasteiger partial charge in [0.15, 0.2) is 0 Å². The van der Waals surface area contributed by atoms with E-state index in [4.69, 9.17) is 16.9 Å². The fraction of sp³-hybridized carbons (Fsp3) is 0.300. The standard InChI is InChI=1S/C10H11NO2S/c1-2-4-9(11)10(12)13-7-8-5-3-6-14-8/h1,3,5-6,9H,4,7,11H2. The molecule has 0 aliphatic carbocycles. The Morgan fingerprint density at radius 1 is 1.79 bits per heavy atom. The number of carbonyl (C=O) groups is 1. The Hall–Kier alpha value is -1.31. The van der Waals surface area contributed by atoms with Gasteiger partial charge in [-0.2, -0.15) is 0 Å². The molecule has 0 aromatic carbocycles. The monoisotopic (exact) mass is 209 g/mol. The Morgan fingerprint density at radius 3 is 3.14 bits per heavy atom. The van der Waals surface area contributed by atoms with E-state index in [1.807, 2.05) is 17.5 Å². The lowest BCUT2D eigenvalue weighted by atomic mass is 10.2. The molecule has 74 valence electrons. The summed E-state index contributed by atoms with van der Waals surface area (Å²) in [6.45, 7) is 0.273. The van der Waals surface area contributed by atoms with Crippen molar-refractivity contribution in [3.8, 4) is 12.3 Å². The van der Waals surface area contributed by atoms with Gasteiger partial charge in [-0.3, -0.25) is 4.79 Å². The summed E-state index contributed by atoms with van der Waals surface area (Å²) in [5, 5.41) is 1.92. The first-order valence-electron chi connectivity index (χ1n) is 4.12. The van der Waals surface area contributed by atoms with Crippen LogP contribution >= 0.6 is 11.3 Å². The Morgan fingerprint density at radius 2 is 2.57 bits per heavy atom. The third kappa shape index (κ3) is 3.21. The van der Waals surface area contributed by atoms with E-state index in [0.29, 0.717) is 0 Å². The van der Waals surface area contributed by atoms with Crippen LogP contribution in [0.15, 0.2) is 17.5 Å². The molecule has 0 saturated carbocycles. The van der Waals surface area contributed by atoms with E-state index in [1.54, 1.807) is 0 Å². The van der Waals surface area contributed by atoms with Crippen molar-refractivity contribution < 1.29 is 9.53 Å². The minimum atomic E-state index is -0.708. The second kappa shape index (κ2) is 5.43. The molecule has 0 aliphatic rings. The molecule has 14 heavy (non-hydrogen) atoms. The highest BCUT2D eigenvalue weighted by Crippen LogP contribution is 2.09. The molecule has 3 nitrogen and oxygen atoms in total. The topological polar surface area (TPSA) is 52.3 Å². The van der Waals surface area contributed by atoms with E-state index in [0.717, 1.165) is 4.88 Å². The van der Waals surface area contributed by atoms with Gasteiger partial charge in [-0.15, -0.1) is 23.7 Å². The highest BCUT2D eigenvalue weighted by molar-refractivity contribution is 7.09. The first-order chi connectivity index (χ1) is 6.74. The lowest BCUT2D eigenvalue weighted by Crippen LogP contribution is -2.31. The smallest absolute Gasteiger partial charge is 0.324 e. The van der Waals surface area contributed by atoms with Crippen LogP contribution in [0.1, 0.15) is 11.3 Å². The summed E-state index contributed by atoms with van der Waals surface area (Å²) in [5.74, 6) is 1.87. The summed E-state index contributed by atoms with van der Waals surface area (Å²) in [6, 6.07) is 3.08. The molecule has 0 amide bonds. The molecule has 0 bridgehead atoms. The summed E-state index contributed by atoms with van der Waals surface area (Å²) in [7, 11) is 0. The van der Waals surface area contributed by atoms with Gasteiger partial charge in [0.1, 0.15) is 12.6 Å². The van der Waals surface area contributed by atoms with E-state index >= 15 is 0 Å². The second-order valence-electron chi connectivity index (χ2n) is 2.70. The summed E-state index contributed by atoms with van der Waals surface area (Å²) in [4.78, 5) is 12.2. The van der Waals surface area contributed by atoms with Gasteiger partial charge in [0.25, 0.3) is 0 Å². The minimum absolute atomic E-state index is 0.212. The third-order valence-corrected chi connectivity index (χ3v) is 2.43. The van der Waals surface area contributed by atoms with E-state index < -0.39 is 12.0 Å². The van der Waals surface area contributed by atoms with Gasteiger partial charge in [0.05, 0.1) is 0 Å². The van der Waals surface area contributed by atoms with Gasteiger partial charge >= 0.3 is 5.97 Å². The quantitative estimate of drug-likeness (QED) is 0.597. The Kier molecular flexibility index (Phi) is 4.17. The maximum Gasteiger partial charge on any atom is 0.324 e. The molecule has 0 spiro atoms. The van der Waals surface area contributed by atoms with Crippen LogP contribution in [0.2, 0.25) is 0 Å². The van der Waals surface area contributed by atoms with Crippen molar-refractivity contribution in [3.63, 3.8) is 0 Å². The molecule has 2 N–H and O–H groups in total. The number of thiophene rings is 1. The fourth-order valence-corrected chi connectivity index (χ4v) is 1.47. The highest BCUT2D eigenvalue weighted by Gasteiger charge is 2.13. The lowest BCUT2D eigenvalue weighted by molar-refractivity contribution is -0.146. The summed E-state index contributed by atoms with van der Waals surface area (Å²) >= 11 is 1.53. The SMILES string of the molecule is C#CCC(N)C(=O)OCc1cccs1. The average molecular weight is 209 g/mol. The normalized spacial score (nSPS) is 11.7. The van der Waals surface area contributed by atoms with Gasteiger partial charge in [-0.05, 0) is 11.4 Å². The average Bonchev–Trinajstić information content (AvgIpc) is 2.67. The van der Waals surface area contributed by atoms with Gasteiger partial charge in [0, 0.05) is 11.3 Å². The Bertz CT molecular complexity index is 326. The van der Waals surface area contributed by atoms with Gasteiger partial charge in [0.2, 0.25) is 0 Å². The van der Waals surface area contributed by atoms with Crippen LogP contribution in [-0.2, 0) is 16.1 Å². The number of rotatable bonds is 4. The lowest BCUT2D eigenvalue weighted by Gasteiger charge is -2.07. The van der Waals surface area contributed by atoms with Gasteiger partial charge in [-0.1, -0.05) is 6.07 Å². The number of carbonyl (C=O) groups excluding carboxylic acids is 1.